The molecule has 0 saturated heterocycles. The molecule has 6 rings (SSSR count). The van der Waals surface area contributed by atoms with Crippen LogP contribution in [0.5, 0.6) is 0 Å². The average molecular weight is 573 g/mol. The van der Waals surface area contributed by atoms with Crippen molar-refractivity contribution < 1.29 is 39.2 Å². The van der Waals surface area contributed by atoms with E-state index < -0.39 is 76.3 Å². The molecule has 8 heteroatoms. The number of esters is 2. The molecule has 0 heterocycles. The number of benzene rings is 2. The monoisotopic (exact) mass is 572 g/mol. The molecule has 0 unspecified atom stereocenters. The summed E-state index contributed by atoms with van der Waals surface area (Å²) in [7, 11) is 0. The molecule has 4 aliphatic carbocycles. The fourth-order valence-corrected chi connectivity index (χ4v) is 8.37. The predicted molar refractivity (Wildman–Crippen MR) is 152 cm³/mol. The second-order valence-corrected chi connectivity index (χ2v) is 12.9. The Morgan fingerprint density at radius 1 is 0.929 bits per heavy atom. The van der Waals surface area contributed by atoms with E-state index >= 15 is 0 Å². The summed E-state index contributed by atoms with van der Waals surface area (Å²) in [5.41, 5.74) is -4.56. The molecule has 0 spiro atoms. The fraction of sp³-hybridized carbons (Fsp3) is 0.441. The van der Waals surface area contributed by atoms with Crippen LogP contribution in [-0.2, 0) is 14.3 Å². The molecule has 2 saturated carbocycles. The van der Waals surface area contributed by atoms with Gasteiger partial charge >= 0.3 is 11.9 Å². The number of carbonyl (C=O) groups is 3. The highest BCUT2D eigenvalue weighted by molar-refractivity contribution is 6.05. The molecule has 220 valence electrons. The molecule has 8 nitrogen and oxygen atoms in total. The van der Waals surface area contributed by atoms with Crippen molar-refractivity contribution in [1.82, 2.24) is 0 Å². The van der Waals surface area contributed by atoms with E-state index in [0.717, 1.165) is 0 Å². The standard InChI is InChI=1S/C34H36O8/c1-19-15-25-32(39,27(19)36)17-21(18-35)16-24-26-31(3,4)34(26,42-30(38)23-13-9-6-10-14-23)28(20(2)33(24,25)40)41-29(37)22-11-7-5-8-12-22/h5-16,20,24-26,28,35,39-40H,17-18H2,1-4H3/t20-,24+,25-,26-,28+,32-,33-,34-/m1/s1. The van der Waals surface area contributed by atoms with Gasteiger partial charge in [-0.25, -0.2) is 9.59 Å². The Labute approximate surface area is 244 Å². The van der Waals surface area contributed by atoms with Gasteiger partial charge in [-0.3, -0.25) is 4.79 Å². The average Bonchev–Trinajstić information content (AvgIpc) is 3.41. The van der Waals surface area contributed by atoms with Gasteiger partial charge in [0.15, 0.2) is 11.4 Å². The van der Waals surface area contributed by atoms with E-state index in [1.54, 1.807) is 86.7 Å². The summed E-state index contributed by atoms with van der Waals surface area (Å²) in [6.07, 6.45) is 2.07. The maximum atomic E-state index is 13.6. The Kier molecular flexibility index (Phi) is 6.42. The zero-order valence-corrected chi connectivity index (χ0v) is 24.1. The SMILES string of the molecule is CC1=C[C@H]2[C@@]3(O)[C@H](C)[C@H](OC(=O)c4ccccc4)[C@]4(OC(=O)c5ccccc5)[C@H]([C@@H]3C=C(CO)C[C@]2(O)C1=O)C4(C)C. The summed E-state index contributed by atoms with van der Waals surface area (Å²) in [6.45, 7) is 6.70. The zero-order chi connectivity index (χ0) is 30.2. The second-order valence-electron chi connectivity index (χ2n) is 12.9. The summed E-state index contributed by atoms with van der Waals surface area (Å²) in [6, 6.07) is 17.0. The third-order valence-corrected chi connectivity index (χ3v) is 10.5. The largest absolute Gasteiger partial charge is 0.454 e. The van der Waals surface area contributed by atoms with E-state index in [1.807, 2.05) is 13.8 Å². The van der Waals surface area contributed by atoms with Crippen LogP contribution in [-0.4, -0.2) is 62.6 Å². The number of ether oxygens (including phenoxy) is 2. The summed E-state index contributed by atoms with van der Waals surface area (Å²) in [5, 5.41) is 35.0. The number of Topliss-reactive ketones (excluding diaryl/α,β-unsaturated/α-hetero) is 1. The van der Waals surface area contributed by atoms with Gasteiger partial charge in [0.25, 0.3) is 0 Å². The Hall–Kier alpha value is -3.59. The number of aliphatic hydroxyl groups is 3. The van der Waals surface area contributed by atoms with Crippen molar-refractivity contribution in [3.8, 4) is 0 Å². The molecular weight excluding hydrogens is 536 g/mol. The maximum absolute atomic E-state index is 13.6. The molecule has 2 aromatic rings. The molecule has 0 aliphatic heterocycles. The lowest BCUT2D eigenvalue weighted by Crippen LogP contribution is -2.66. The van der Waals surface area contributed by atoms with Crippen molar-refractivity contribution in [3.63, 3.8) is 0 Å². The molecule has 0 radical (unpaired) electrons. The van der Waals surface area contributed by atoms with Crippen molar-refractivity contribution >= 4 is 17.7 Å². The molecule has 8 atom stereocenters. The Morgan fingerprint density at radius 3 is 2.07 bits per heavy atom. The molecule has 2 fully saturated rings. The minimum atomic E-state index is -1.98. The summed E-state index contributed by atoms with van der Waals surface area (Å²) >= 11 is 0. The molecular formula is C34H36O8. The van der Waals surface area contributed by atoms with Crippen LogP contribution in [0.3, 0.4) is 0 Å². The minimum absolute atomic E-state index is 0.148. The van der Waals surface area contributed by atoms with Crippen LogP contribution in [0.2, 0.25) is 0 Å². The Bertz CT molecular complexity index is 1510. The zero-order valence-electron chi connectivity index (χ0n) is 24.1. The number of hydrogen-bond donors (Lipinski definition) is 3. The first-order valence-electron chi connectivity index (χ1n) is 14.4. The quantitative estimate of drug-likeness (QED) is 0.366. The number of aliphatic hydroxyl groups excluding tert-OH is 1. The second kappa shape index (κ2) is 9.46. The van der Waals surface area contributed by atoms with Gasteiger partial charge in [-0.2, -0.15) is 0 Å². The van der Waals surface area contributed by atoms with E-state index in [2.05, 4.69) is 0 Å². The maximum Gasteiger partial charge on any atom is 0.338 e. The van der Waals surface area contributed by atoms with Gasteiger partial charge in [-0.1, -0.05) is 69.3 Å². The van der Waals surface area contributed by atoms with Crippen molar-refractivity contribution in [2.75, 3.05) is 6.61 Å². The van der Waals surface area contributed by atoms with Crippen LogP contribution in [0.15, 0.2) is 84.0 Å². The molecule has 4 aliphatic rings. The predicted octanol–water partition coefficient (Wildman–Crippen LogP) is 3.66. The van der Waals surface area contributed by atoms with Crippen LogP contribution in [0.4, 0.5) is 0 Å². The van der Waals surface area contributed by atoms with Gasteiger partial charge in [-0.05, 0) is 42.3 Å². The van der Waals surface area contributed by atoms with E-state index in [0.29, 0.717) is 22.3 Å². The number of fused-ring (bicyclic) bond motifs is 5. The highest BCUT2D eigenvalue weighted by Gasteiger charge is 2.88. The van der Waals surface area contributed by atoms with Gasteiger partial charge in [0.1, 0.15) is 11.7 Å². The Balaban J connectivity index is 1.53. The van der Waals surface area contributed by atoms with Gasteiger partial charge < -0.3 is 24.8 Å². The molecule has 2 aromatic carbocycles. The number of hydrogen-bond acceptors (Lipinski definition) is 8. The topological polar surface area (TPSA) is 130 Å². The summed E-state index contributed by atoms with van der Waals surface area (Å²) in [5.74, 6) is -5.00. The fourth-order valence-electron chi connectivity index (χ4n) is 8.37. The van der Waals surface area contributed by atoms with Gasteiger partial charge in [-0.15, -0.1) is 0 Å². The molecule has 0 amide bonds. The van der Waals surface area contributed by atoms with E-state index in [-0.39, 0.29) is 6.42 Å². The minimum Gasteiger partial charge on any atom is -0.454 e. The van der Waals surface area contributed by atoms with Crippen LogP contribution in [0.1, 0.15) is 54.8 Å². The number of ketones is 1. The number of rotatable bonds is 5. The van der Waals surface area contributed by atoms with Gasteiger partial charge in [0.05, 0.1) is 23.3 Å². The molecule has 42 heavy (non-hydrogen) atoms. The Morgan fingerprint density at radius 2 is 1.50 bits per heavy atom. The smallest absolute Gasteiger partial charge is 0.338 e. The first-order chi connectivity index (χ1) is 19.8. The third-order valence-electron chi connectivity index (χ3n) is 10.5. The van der Waals surface area contributed by atoms with Crippen LogP contribution in [0, 0.1) is 29.1 Å². The normalized spacial score (nSPS) is 37.7. The van der Waals surface area contributed by atoms with Crippen LogP contribution < -0.4 is 0 Å². The molecule has 3 N–H and O–H groups in total. The van der Waals surface area contributed by atoms with Crippen molar-refractivity contribution in [2.24, 2.45) is 29.1 Å². The van der Waals surface area contributed by atoms with Crippen molar-refractivity contribution in [3.05, 3.63) is 95.1 Å². The van der Waals surface area contributed by atoms with Gasteiger partial charge in [0.2, 0.25) is 0 Å². The highest BCUT2D eigenvalue weighted by atomic mass is 16.6. The summed E-state index contributed by atoms with van der Waals surface area (Å²) < 4.78 is 12.6. The number of carbonyl (C=O) groups excluding carboxylic acids is 3. The van der Waals surface area contributed by atoms with E-state index in [1.165, 1.54) is 0 Å². The van der Waals surface area contributed by atoms with Gasteiger partial charge in [0, 0.05) is 35.5 Å². The van der Waals surface area contributed by atoms with Crippen LogP contribution >= 0.6 is 0 Å². The van der Waals surface area contributed by atoms with E-state index in [4.69, 9.17) is 9.47 Å². The van der Waals surface area contributed by atoms with E-state index in [9.17, 15) is 29.7 Å². The highest BCUT2D eigenvalue weighted by Crippen LogP contribution is 2.77. The molecule has 0 aromatic heterocycles. The first kappa shape index (κ1) is 28.5. The van der Waals surface area contributed by atoms with Crippen LogP contribution in [0.25, 0.3) is 0 Å². The lowest BCUT2D eigenvalue weighted by molar-refractivity contribution is -0.210. The first-order valence-corrected chi connectivity index (χ1v) is 14.4. The summed E-state index contributed by atoms with van der Waals surface area (Å²) in [4.78, 5) is 40.5. The lowest BCUT2D eigenvalue weighted by atomic mass is 9.59. The van der Waals surface area contributed by atoms with Crippen molar-refractivity contribution in [2.45, 2.75) is 57.0 Å². The third kappa shape index (κ3) is 3.68. The van der Waals surface area contributed by atoms with Crippen molar-refractivity contribution in [1.29, 1.82) is 0 Å². The lowest BCUT2D eigenvalue weighted by Gasteiger charge is -2.53. The molecule has 0 bridgehead atoms.